The summed E-state index contributed by atoms with van der Waals surface area (Å²) in [7, 11) is 0. The molecule has 0 aliphatic heterocycles. The molecule has 0 rings (SSSR count). The van der Waals surface area contributed by atoms with E-state index in [4.69, 9.17) is 32.5 Å². The number of aliphatic hydroxyl groups excluding tert-OH is 1. The van der Waals surface area contributed by atoms with Gasteiger partial charge < -0.3 is 53.8 Å². The molecule has 0 unspecified atom stereocenters. The summed E-state index contributed by atoms with van der Waals surface area (Å²) in [6.45, 7) is -1.97. The number of rotatable bonds is 16. The van der Waals surface area contributed by atoms with Gasteiger partial charge in [-0.05, 0) is 12.8 Å². The van der Waals surface area contributed by atoms with Crippen LogP contribution in [0.4, 0.5) is 0 Å². The molecule has 0 aromatic rings. The van der Waals surface area contributed by atoms with Gasteiger partial charge in [0.25, 0.3) is 0 Å². The summed E-state index contributed by atoms with van der Waals surface area (Å²) in [5, 5.41) is 35.2. The first-order valence-electron chi connectivity index (χ1n) is 9.88. The summed E-state index contributed by atoms with van der Waals surface area (Å²) in [4.78, 5) is 74.1. The molecule has 0 aliphatic rings. The topological polar surface area (TPSA) is 302 Å². The van der Waals surface area contributed by atoms with Crippen LogP contribution in [0, 0.1) is 0 Å². The van der Waals surface area contributed by atoms with Crippen LogP contribution in [0.25, 0.3) is 0 Å². The third-order valence-corrected chi connectivity index (χ3v) is 4.03. The second-order valence-corrected chi connectivity index (χ2v) is 6.79. The molecule has 0 spiro atoms. The Bertz CT molecular complexity index is 785. The normalized spacial score (nSPS) is 12.9. The first-order valence-corrected chi connectivity index (χ1v) is 9.88. The van der Waals surface area contributed by atoms with E-state index in [-0.39, 0.29) is 25.3 Å². The second kappa shape index (κ2) is 15.8. The van der Waals surface area contributed by atoms with E-state index >= 15 is 0 Å². The van der Waals surface area contributed by atoms with Crippen molar-refractivity contribution in [2.45, 2.75) is 37.4 Å². The van der Waals surface area contributed by atoms with Crippen molar-refractivity contribution in [2.75, 3.05) is 26.2 Å². The van der Waals surface area contributed by atoms with E-state index in [0.717, 1.165) is 0 Å². The zero-order chi connectivity index (χ0) is 26.3. The molecule has 17 heteroatoms. The predicted molar refractivity (Wildman–Crippen MR) is 115 cm³/mol. The fourth-order valence-corrected chi connectivity index (χ4v) is 2.40. The third kappa shape index (κ3) is 12.8. The lowest BCUT2D eigenvalue weighted by Crippen LogP contribution is -2.56. The number of guanidine groups is 1. The molecular weight excluding hydrogens is 460 g/mol. The molecule has 192 valence electrons. The number of carboxylic acids is 2. The molecule has 0 fully saturated rings. The smallest absolute Gasteiger partial charge is 0.328 e. The number of aliphatic carboxylic acids is 2. The molecule has 0 saturated heterocycles. The molecule has 0 radical (unpaired) electrons. The van der Waals surface area contributed by atoms with Crippen LogP contribution >= 0.6 is 0 Å². The zero-order valence-electron chi connectivity index (χ0n) is 18.2. The van der Waals surface area contributed by atoms with Crippen LogP contribution < -0.4 is 38.5 Å². The molecule has 4 amide bonds. The van der Waals surface area contributed by atoms with Crippen LogP contribution in [0.3, 0.4) is 0 Å². The Morgan fingerprint density at radius 1 is 0.853 bits per heavy atom. The Labute approximate surface area is 193 Å². The van der Waals surface area contributed by atoms with E-state index in [1.54, 1.807) is 0 Å². The zero-order valence-corrected chi connectivity index (χ0v) is 18.2. The molecule has 0 aromatic carbocycles. The quantitative estimate of drug-likeness (QED) is 0.0549. The highest BCUT2D eigenvalue weighted by molar-refractivity contribution is 5.95. The Kier molecular flexibility index (Phi) is 13.9. The maximum Gasteiger partial charge on any atom is 0.328 e. The van der Waals surface area contributed by atoms with Crippen molar-refractivity contribution in [3.05, 3.63) is 0 Å². The Hall–Kier alpha value is -3.99. The van der Waals surface area contributed by atoms with Crippen LogP contribution in [-0.4, -0.2) is 101 Å². The average molecular weight is 490 g/mol. The van der Waals surface area contributed by atoms with E-state index in [0.29, 0.717) is 0 Å². The minimum absolute atomic E-state index is 0.0237. The van der Waals surface area contributed by atoms with Crippen molar-refractivity contribution in [1.29, 1.82) is 0 Å². The van der Waals surface area contributed by atoms with Gasteiger partial charge in [-0.3, -0.25) is 29.0 Å². The number of carbonyl (C=O) groups excluding carboxylic acids is 4. The van der Waals surface area contributed by atoms with Gasteiger partial charge in [-0.25, -0.2) is 4.79 Å². The molecule has 3 atom stereocenters. The lowest BCUT2D eigenvalue weighted by atomic mass is 10.1. The Morgan fingerprint density at radius 2 is 1.47 bits per heavy atom. The van der Waals surface area contributed by atoms with Crippen molar-refractivity contribution < 1.29 is 44.1 Å². The number of carbonyl (C=O) groups is 6. The minimum Gasteiger partial charge on any atom is -0.481 e. The van der Waals surface area contributed by atoms with Gasteiger partial charge >= 0.3 is 11.9 Å². The standard InChI is InChI=1S/C17H30N8O9/c18-5-11(27)23-8(2-1-3-21-17(19)20)15(32)25-9(4-13(29)30)14(31)22-6-12(28)24-10(7-26)16(33)34/h8-10,26H,1-7,18H2,(H,22,31)(H,23,27)(H,24,28)(H,25,32)(H,29,30)(H,33,34)(H4,19,20,21)/t8-,9+,10+/m0/s1. The number of hydrogen-bond acceptors (Lipinski definition) is 9. The van der Waals surface area contributed by atoms with E-state index in [2.05, 4.69) is 20.9 Å². The van der Waals surface area contributed by atoms with Crippen LogP contribution in [0.5, 0.6) is 0 Å². The van der Waals surface area contributed by atoms with Crippen molar-refractivity contribution in [3.8, 4) is 0 Å². The summed E-state index contributed by atoms with van der Waals surface area (Å²) in [6.07, 6.45) is -0.596. The average Bonchev–Trinajstić information content (AvgIpc) is 2.76. The first kappa shape index (κ1) is 30.0. The Morgan fingerprint density at radius 3 is 1.97 bits per heavy atom. The third-order valence-electron chi connectivity index (χ3n) is 4.03. The first-order chi connectivity index (χ1) is 15.9. The van der Waals surface area contributed by atoms with Crippen molar-refractivity contribution in [1.82, 2.24) is 21.3 Å². The summed E-state index contributed by atoms with van der Waals surface area (Å²) >= 11 is 0. The van der Waals surface area contributed by atoms with Gasteiger partial charge in [-0.15, -0.1) is 0 Å². The molecular formula is C17H30N8O9. The monoisotopic (exact) mass is 490 g/mol. The number of carboxylic acid groups (broad SMARTS) is 2. The number of aliphatic hydroxyl groups is 1. The number of nitrogens with two attached hydrogens (primary N) is 3. The van der Waals surface area contributed by atoms with Gasteiger partial charge in [0.15, 0.2) is 5.96 Å². The van der Waals surface area contributed by atoms with Crippen molar-refractivity contribution in [3.63, 3.8) is 0 Å². The molecule has 0 bridgehead atoms. The molecule has 17 nitrogen and oxygen atoms in total. The molecule has 0 heterocycles. The molecule has 34 heavy (non-hydrogen) atoms. The Balaban J connectivity index is 5.19. The highest BCUT2D eigenvalue weighted by atomic mass is 16.4. The van der Waals surface area contributed by atoms with E-state index in [9.17, 15) is 28.8 Å². The molecule has 0 aliphatic carbocycles. The largest absolute Gasteiger partial charge is 0.481 e. The second-order valence-electron chi connectivity index (χ2n) is 6.79. The van der Waals surface area contributed by atoms with Gasteiger partial charge in [0.1, 0.15) is 18.1 Å². The number of amides is 4. The lowest BCUT2D eigenvalue weighted by Gasteiger charge is -2.22. The van der Waals surface area contributed by atoms with Crippen LogP contribution in [0.2, 0.25) is 0 Å². The fourth-order valence-electron chi connectivity index (χ4n) is 2.40. The molecule has 0 aromatic heterocycles. The van der Waals surface area contributed by atoms with Crippen LogP contribution in [0.1, 0.15) is 19.3 Å². The van der Waals surface area contributed by atoms with Crippen LogP contribution in [-0.2, 0) is 28.8 Å². The van der Waals surface area contributed by atoms with E-state index in [1.807, 2.05) is 5.32 Å². The number of nitrogens with zero attached hydrogens (tertiary/aromatic N) is 1. The highest BCUT2D eigenvalue weighted by Gasteiger charge is 2.28. The number of hydrogen-bond donors (Lipinski definition) is 10. The predicted octanol–water partition coefficient (Wildman–Crippen LogP) is -5.88. The van der Waals surface area contributed by atoms with Gasteiger partial charge in [0, 0.05) is 6.54 Å². The molecule has 0 saturated carbocycles. The summed E-state index contributed by atoms with van der Waals surface area (Å²) < 4.78 is 0. The van der Waals surface area contributed by atoms with Gasteiger partial charge in [0.2, 0.25) is 23.6 Å². The summed E-state index contributed by atoms with van der Waals surface area (Å²) in [6, 6.07) is -4.44. The minimum atomic E-state index is -1.64. The van der Waals surface area contributed by atoms with Gasteiger partial charge in [-0.2, -0.15) is 0 Å². The lowest BCUT2D eigenvalue weighted by molar-refractivity contribution is -0.143. The highest BCUT2D eigenvalue weighted by Crippen LogP contribution is 2.02. The van der Waals surface area contributed by atoms with Crippen molar-refractivity contribution in [2.24, 2.45) is 22.2 Å². The maximum atomic E-state index is 12.6. The number of aliphatic imine (C=N–C) groups is 1. The van der Waals surface area contributed by atoms with Gasteiger partial charge in [0.05, 0.1) is 26.1 Å². The van der Waals surface area contributed by atoms with E-state index in [1.165, 1.54) is 0 Å². The van der Waals surface area contributed by atoms with Crippen LogP contribution in [0.15, 0.2) is 4.99 Å². The van der Waals surface area contributed by atoms with E-state index < -0.39 is 79.8 Å². The van der Waals surface area contributed by atoms with Gasteiger partial charge in [-0.1, -0.05) is 0 Å². The fraction of sp³-hybridized carbons (Fsp3) is 0.588. The van der Waals surface area contributed by atoms with Crippen molar-refractivity contribution >= 4 is 41.5 Å². The molecule has 13 N–H and O–H groups in total. The summed E-state index contributed by atoms with van der Waals surface area (Å²) in [5.41, 5.74) is 15.6. The number of nitrogens with one attached hydrogen (secondary N) is 4. The SMILES string of the molecule is NCC(=O)N[C@@H](CCCN=C(N)N)C(=O)N[C@H](CC(=O)O)C(=O)NCC(=O)N[C@H](CO)C(=O)O. The summed E-state index contributed by atoms with van der Waals surface area (Å²) in [5.74, 6) is -6.77. The maximum absolute atomic E-state index is 12.6.